The Labute approximate surface area is 170 Å². The van der Waals surface area contributed by atoms with Gasteiger partial charge in [0, 0.05) is 19.3 Å². The normalized spacial score (nSPS) is 30.7. The number of carbonyl (C=O) groups is 2. The maximum Gasteiger partial charge on any atom is 0.270 e. The number of hydrogen-bond donors (Lipinski definition) is 2. The summed E-state index contributed by atoms with van der Waals surface area (Å²) in [6, 6.07) is 3.66. The lowest BCUT2D eigenvalue weighted by atomic mass is 9.87. The number of nitrogens with zero attached hydrogens (tertiary/aromatic N) is 2. The van der Waals surface area contributed by atoms with Crippen LogP contribution in [0, 0.1) is 5.92 Å². The molecule has 6 nitrogen and oxygen atoms in total. The number of allylic oxidation sites excluding steroid dienone is 1. The fourth-order valence-corrected chi connectivity index (χ4v) is 5.65. The van der Waals surface area contributed by atoms with Gasteiger partial charge in [-0.3, -0.25) is 9.59 Å². The number of likely N-dealkylation sites (tertiary alicyclic amines) is 1. The molecule has 1 aromatic heterocycles. The number of aromatic amines is 1. The fraction of sp³-hybridized carbons (Fsp3) is 0.571. The lowest BCUT2D eigenvalue weighted by Crippen LogP contribution is -2.42. The Kier molecular flexibility index (Phi) is 5.12. The van der Waals surface area contributed by atoms with E-state index in [2.05, 4.69) is 34.4 Å². The summed E-state index contributed by atoms with van der Waals surface area (Å²) >= 11 is 1.58. The van der Waals surface area contributed by atoms with Crippen molar-refractivity contribution in [3.05, 3.63) is 36.2 Å². The van der Waals surface area contributed by atoms with Gasteiger partial charge < -0.3 is 15.2 Å². The van der Waals surface area contributed by atoms with Gasteiger partial charge in [0.2, 0.25) is 0 Å². The molecule has 2 atom stereocenters. The standard InChI is InChI=1S/C21H28N4O2S/c1-20(9-3-4-10-20)24-19-23-18(27)21(2,28-19)14-15-7-12-25(13-8-15)17(26)16-6-5-11-22-16/h3,5-6,9,11,15,22H,4,7-8,10,12-14H2,1-2H3,(H,23,24,27). The van der Waals surface area contributed by atoms with Crippen molar-refractivity contribution >= 4 is 28.7 Å². The minimum absolute atomic E-state index is 0.0320. The first-order valence-electron chi connectivity index (χ1n) is 10.1. The summed E-state index contributed by atoms with van der Waals surface area (Å²) in [6.45, 7) is 5.65. The van der Waals surface area contributed by atoms with Crippen molar-refractivity contribution in [2.75, 3.05) is 13.1 Å². The first-order chi connectivity index (χ1) is 13.4. The Morgan fingerprint density at radius 2 is 2.18 bits per heavy atom. The number of carbonyl (C=O) groups excluding carboxylic acids is 2. The van der Waals surface area contributed by atoms with Gasteiger partial charge in [-0.2, -0.15) is 4.99 Å². The van der Waals surface area contributed by atoms with Gasteiger partial charge in [-0.1, -0.05) is 23.9 Å². The number of aliphatic imine (C=N–C) groups is 1. The number of piperidine rings is 1. The second kappa shape index (κ2) is 7.43. The summed E-state index contributed by atoms with van der Waals surface area (Å²) in [7, 11) is 0. The summed E-state index contributed by atoms with van der Waals surface area (Å²) in [4.78, 5) is 34.3. The van der Waals surface area contributed by atoms with E-state index >= 15 is 0 Å². The molecule has 0 radical (unpaired) electrons. The van der Waals surface area contributed by atoms with E-state index in [0.717, 1.165) is 50.4 Å². The second-order valence-electron chi connectivity index (χ2n) is 8.56. The molecule has 7 heteroatoms. The number of rotatable bonds is 4. The van der Waals surface area contributed by atoms with E-state index in [0.29, 0.717) is 11.6 Å². The van der Waals surface area contributed by atoms with Gasteiger partial charge in [0.1, 0.15) is 10.4 Å². The van der Waals surface area contributed by atoms with Crippen molar-refractivity contribution in [3.63, 3.8) is 0 Å². The van der Waals surface area contributed by atoms with E-state index in [9.17, 15) is 9.59 Å². The van der Waals surface area contributed by atoms with Crippen LogP contribution in [-0.2, 0) is 4.79 Å². The summed E-state index contributed by atoms with van der Waals surface area (Å²) in [5.41, 5.74) is 0.548. The highest BCUT2D eigenvalue weighted by Crippen LogP contribution is 2.41. The quantitative estimate of drug-likeness (QED) is 0.760. The summed E-state index contributed by atoms with van der Waals surface area (Å²) < 4.78 is -0.503. The molecular formula is C21H28N4O2S. The zero-order chi connectivity index (χ0) is 19.8. The van der Waals surface area contributed by atoms with E-state index in [-0.39, 0.29) is 17.4 Å². The van der Waals surface area contributed by atoms with E-state index < -0.39 is 4.75 Å². The highest BCUT2D eigenvalue weighted by Gasteiger charge is 2.44. The molecule has 2 unspecified atom stereocenters. The van der Waals surface area contributed by atoms with E-state index in [1.54, 1.807) is 18.0 Å². The lowest BCUT2D eigenvalue weighted by Gasteiger charge is -2.35. The average Bonchev–Trinajstić information content (AvgIpc) is 3.38. The first kappa shape index (κ1) is 19.3. The van der Waals surface area contributed by atoms with E-state index in [1.807, 2.05) is 24.0 Å². The van der Waals surface area contributed by atoms with Crippen LogP contribution in [0.1, 0.15) is 56.4 Å². The summed E-state index contributed by atoms with van der Waals surface area (Å²) in [5, 5.41) is 4.21. The molecule has 0 spiro atoms. The van der Waals surface area contributed by atoms with Crippen molar-refractivity contribution in [2.24, 2.45) is 10.9 Å². The zero-order valence-corrected chi connectivity index (χ0v) is 17.3. The van der Waals surface area contributed by atoms with Crippen LogP contribution in [0.25, 0.3) is 0 Å². The SMILES string of the molecule is CC1(NC2=NC(=O)C(C)(CC3CCN(C(=O)c4ccc[nH]4)CC3)S2)C=CCC1. The van der Waals surface area contributed by atoms with Gasteiger partial charge in [-0.25, -0.2) is 0 Å². The Hall–Kier alpha value is -2.02. The second-order valence-corrected chi connectivity index (χ2v) is 10.1. The first-order valence-corrected chi connectivity index (χ1v) is 10.9. The summed E-state index contributed by atoms with van der Waals surface area (Å²) in [6.07, 6.45) is 10.9. The largest absolute Gasteiger partial charge is 0.357 e. The number of aromatic nitrogens is 1. The van der Waals surface area contributed by atoms with E-state index in [4.69, 9.17) is 0 Å². The molecule has 2 amide bonds. The van der Waals surface area contributed by atoms with Gasteiger partial charge in [-0.05, 0) is 64.0 Å². The minimum atomic E-state index is -0.503. The molecule has 1 aromatic rings. The van der Waals surface area contributed by atoms with Crippen LogP contribution < -0.4 is 5.32 Å². The van der Waals surface area contributed by atoms with Crippen molar-refractivity contribution in [2.45, 2.75) is 56.2 Å². The monoisotopic (exact) mass is 400 g/mol. The van der Waals surface area contributed by atoms with Crippen molar-refractivity contribution in [3.8, 4) is 0 Å². The third-order valence-electron chi connectivity index (χ3n) is 6.09. The van der Waals surface area contributed by atoms with Gasteiger partial charge in [0.25, 0.3) is 11.8 Å². The van der Waals surface area contributed by atoms with Crippen LogP contribution >= 0.6 is 11.8 Å². The Morgan fingerprint density at radius 3 is 2.82 bits per heavy atom. The molecule has 2 N–H and O–H groups in total. The molecule has 0 aromatic carbocycles. The number of thioether (sulfide) groups is 1. The van der Waals surface area contributed by atoms with Gasteiger partial charge in [0.15, 0.2) is 5.17 Å². The molecule has 0 bridgehead atoms. The topological polar surface area (TPSA) is 77.6 Å². The predicted octanol–water partition coefficient (Wildman–Crippen LogP) is 3.34. The Morgan fingerprint density at radius 1 is 1.39 bits per heavy atom. The number of nitrogens with one attached hydrogen (secondary N) is 2. The highest BCUT2D eigenvalue weighted by atomic mass is 32.2. The molecule has 1 fully saturated rings. The van der Waals surface area contributed by atoms with Crippen LogP contribution in [0.5, 0.6) is 0 Å². The molecule has 3 heterocycles. The average molecular weight is 401 g/mol. The van der Waals surface area contributed by atoms with E-state index in [1.165, 1.54) is 0 Å². The van der Waals surface area contributed by atoms with Gasteiger partial charge in [-0.15, -0.1) is 0 Å². The van der Waals surface area contributed by atoms with Gasteiger partial charge in [0.05, 0.1) is 5.54 Å². The minimum Gasteiger partial charge on any atom is -0.357 e. The maximum atomic E-state index is 12.7. The highest BCUT2D eigenvalue weighted by molar-refractivity contribution is 8.16. The van der Waals surface area contributed by atoms with Crippen LogP contribution in [0.4, 0.5) is 0 Å². The number of H-pyrrole nitrogens is 1. The smallest absolute Gasteiger partial charge is 0.270 e. The molecule has 3 aliphatic rings. The van der Waals surface area contributed by atoms with Crippen LogP contribution in [-0.4, -0.2) is 50.2 Å². The predicted molar refractivity (Wildman–Crippen MR) is 112 cm³/mol. The Bertz CT molecular complexity index is 810. The third-order valence-corrected chi connectivity index (χ3v) is 7.27. The van der Waals surface area contributed by atoms with Crippen molar-refractivity contribution in [1.29, 1.82) is 0 Å². The Balaban J connectivity index is 1.31. The lowest BCUT2D eigenvalue weighted by molar-refractivity contribution is -0.119. The van der Waals surface area contributed by atoms with Crippen LogP contribution in [0.3, 0.4) is 0 Å². The molecular weight excluding hydrogens is 372 g/mol. The molecule has 1 saturated heterocycles. The molecule has 1 aliphatic carbocycles. The number of amides is 2. The van der Waals surface area contributed by atoms with Crippen molar-refractivity contribution < 1.29 is 9.59 Å². The number of hydrogen-bond acceptors (Lipinski definition) is 4. The maximum absolute atomic E-state index is 12.7. The van der Waals surface area contributed by atoms with Crippen LogP contribution in [0.15, 0.2) is 35.5 Å². The number of amidine groups is 1. The van der Waals surface area contributed by atoms with Gasteiger partial charge >= 0.3 is 0 Å². The van der Waals surface area contributed by atoms with Crippen LogP contribution in [0.2, 0.25) is 0 Å². The van der Waals surface area contributed by atoms with Crippen molar-refractivity contribution in [1.82, 2.24) is 15.2 Å². The zero-order valence-electron chi connectivity index (χ0n) is 16.5. The molecule has 4 rings (SSSR count). The summed E-state index contributed by atoms with van der Waals surface area (Å²) in [5.74, 6) is 0.467. The third kappa shape index (κ3) is 3.90. The fourth-order valence-electron chi connectivity index (χ4n) is 4.36. The molecule has 0 saturated carbocycles. The molecule has 28 heavy (non-hydrogen) atoms. The molecule has 2 aliphatic heterocycles. The molecule has 150 valence electrons.